The Morgan fingerprint density at radius 2 is 1.81 bits per heavy atom. The van der Waals surface area contributed by atoms with Crippen molar-refractivity contribution in [2.75, 3.05) is 24.5 Å². The van der Waals surface area contributed by atoms with Crippen molar-refractivity contribution >= 4 is 55.6 Å². The Morgan fingerprint density at radius 3 is 2.51 bits per heavy atom. The van der Waals surface area contributed by atoms with Gasteiger partial charge in [-0.05, 0) is 78.9 Å². The largest absolute Gasteiger partial charge is 0.490 e. The Hall–Kier alpha value is -2.90. The fourth-order valence-electron chi connectivity index (χ4n) is 5.71. The molecule has 43 heavy (non-hydrogen) atoms. The smallest absolute Gasteiger partial charge is 0.416 e. The highest BCUT2D eigenvalue weighted by molar-refractivity contribution is 14.1. The number of pyridine rings is 1. The maximum absolute atomic E-state index is 13.2. The van der Waals surface area contributed by atoms with Gasteiger partial charge in [0.2, 0.25) is 0 Å². The molecular weight excluding hydrogens is 688 g/mol. The molecule has 2 unspecified atom stereocenters. The van der Waals surface area contributed by atoms with Crippen LogP contribution in [0.1, 0.15) is 46.6 Å². The lowest BCUT2D eigenvalue weighted by molar-refractivity contribution is -0.137. The number of aromatic nitrogens is 1. The Balaban J connectivity index is 1.00. The van der Waals surface area contributed by atoms with Crippen LogP contribution in [0.25, 0.3) is 10.1 Å². The van der Waals surface area contributed by atoms with Crippen LogP contribution in [-0.2, 0) is 12.7 Å². The van der Waals surface area contributed by atoms with Crippen LogP contribution in [0, 0.1) is 0 Å². The summed E-state index contributed by atoms with van der Waals surface area (Å²) in [5.41, 5.74) is 1.22. The average Bonchev–Trinajstić information content (AvgIpc) is 3.43. The number of nitrogens with zero attached hydrogens (tertiary/aromatic N) is 3. The van der Waals surface area contributed by atoms with Gasteiger partial charge in [0.15, 0.2) is 0 Å². The van der Waals surface area contributed by atoms with E-state index in [1.54, 1.807) is 0 Å². The molecule has 6 nitrogen and oxygen atoms in total. The predicted octanol–water partition coefficient (Wildman–Crippen LogP) is 7.52. The highest BCUT2D eigenvalue weighted by Gasteiger charge is 2.31. The van der Waals surface area contributed by atoms with E-state index in [1.165, 1.54) is 23.5 Å². The minimum Gasteiger partial charge on any atom is -0.490 e. The lowest BCUT2D eigenvalue weighted by atomic mass is 10.0. The van der Waals surface area contributed by atoms with Gasteiger partial charge in [0.05, 0.1) is 20.2 Å². The first-order valence-corrected chi connectivity index (χ1v) is 16.5. The van der Waals surface area contributed by atoms with Crippen molar-refractivity contribution in [1.29, 1.82) is 0 Å². The Morgan fingerprint density at radius 1 is 1.02 bits per heavy atom. The number of hydrogen-bond donors (Lipinski definition) is 1. The van der Waals surface area contributed by atoms with E-state index >= 15 is 0 Å². The fourth-order valence-corrected chi connectivity index (χ4v) is 7.79. The minimum atomic E-state index is -4.33. The topological polar surface area (TPSA) is 57.7 Å². The van der Waals surface area contributed by atoms with E-state index in [0.717, 1.165) is 78.1 Å². The van der Waals surface area contributed by atoms with E-state index in [4.69, 9.17) is 4.74 Å². The van der Waals surface area contributed by atoms with Gasteiger partial charge in [0.25, 0.3) is 5.91 Å². The van der Waals surface area contributed by atoms with Gasteiger partial charge >= 0.3 is 6.18 Å². The number of rotatable bonds is 7. The monoisotopic (exact) mass is 720 g/mol. The number of nitrogens with one attached hydrogen (secondary N) is 1. The van der Waals surface area contributed by atoms with Crippen molar-refractivity contribution in [1.82, 2.24) is 15.2 Å². The van der Waals surface area contributed by atoms with Gasteiger partial charge in [-0.2, -0.15) is 13.2 Å². The number of fused-ring (bicyclic) bond motifs is 1. The van der Waals surface area contributed by atoms with Crippen LogP contribution < -0.4 is 15.0 Å². The molecule has 4 heterocycles. The minimum absolute atomic E-state index is 0.0237. The van der Waals surface area contributed by atoms with Crippen LogP contribution in [0.15, 0.2) is 72.9 Å². The lowest BCUT2D eigenvalue weighted by Crippen LogP contribution is -2.47. The summed E-state index contributed by atoms with van der Waals surface area (Å²) in [5, 5.41) is 4.26. The average molecular weight is 721 g/mol. The molecule has 0 saturated carbocycles. The van der Waals surface area contributed by atoms with Crippen molar-refractivity contribution in [3.8, 4) is 5.75 Å². The first-order chi connectivity index (χ1) is 20.7. The SMILES string of the molecule is O=C(NC1CCN(Cc2ccccn2)C(I)C1)c1cc2ccc(OC3CCN(c4ccc(C(F)(F)F)cc4)CC3)cc2s1. The van der Waals surface area contributed by atoms with E-state index in [2.05, 4.69) is 42.7 Å². The van der Waals surface area contributed by atoms with Crippen LogP contribution in [0.3, 0.4) is 0 Å². The third-order valence-electron chi connectivity index (χ3n) is 8.09. The van der Waals surface area contributed by atoms with Gasteiger partial charge in [-0.3, -0.25) is 14.7 Å². The van der Waals surface area contributed by atoms with Gasteiger partial charge in [0, 0.05) is 61.6 Å². The molecular formula is C32H32F3IN4O2S. The third-order valence-corrected chi connectivity index (χ3v) is 10.5. The van der Waals surface area contributed by atoms with Crippen molar-refractivity contribution < 1.29 is 22.7 Å². The zero-order valence-corrected chi connectivity index (χ0v) is 26.4. The molecule has 11 heteroatoms. The molecule has 6 rings (SSSR count). The summed E-state index contributed by atoms with van der Waals surface area (Å²) in [4.78, 5) is 22.8. The number of halogens is 4. The summed E-state index contributed by atoms with van der Waals surface area (Å²) in [6.45, 7) is 3.14. The van der Waals surface area contributed by atoms with Crippen molar-refractivity contribution in [2.24, 2.45) is 0 Å². The van der Waals surface area contributed by atoms with Crippen LogP contribution in [0.2, 0.25) is 0 Å². The van der Waals surface area contributed by atoms with E-state index in [0.29, 0.717) is 22.0 Å². The predicted molar refractivity (Wildman–Crippen MR) is 172 cm³/mol. The molecule has 0 aliphatic carbocycles. The molecule has 2 aromatic heterocycles. The molecule has 4 aromatic rings. The first kappa shape index (κ1) is 30.1. The number of carbonyl (C=O) groups is 1. The van der Waals surface area contributed by atoms with E-state index in [9.17, 15) is 18.0 Å². The molecule has 2 aliphatic rings. The summed E-state index contributed by atoms with van der Waals surface area (Å²) < 4.78 is 46.3. The second-order valence-corrected chi connectivity index (χ2v) is 13.6. The van der Waals surface area contributed by atoms with Crippen molar-refractivity contribution in [3.63, 3.8) is 0 Å². The molecule has 2 aromatic carbocycles. The molecule has 2 aliphatic heterocycles. The lowest BCUT2D eigenvalue weighted by Gasteiger charge is -2.36. The molecule has 0 bridgehead atoms. The maximum Gasteiger partial charge on any atom is 0.416 e. The maximum atomic E-state index is 13.2. The number of piperidine rings is 2. The number of thiophene rings is 1. The van der Waals surface area contributed by atoms with Gasteiger partial charge in [-0.25, -0.2) is 0 Å². The fraction of sp³-hybridized carbons (Fsp3) is 0.375. The standard InChI is InChI=1S/C32H32F3IN4O2S/c33-32(34,35)22-5-7-25(8-6-22)39-15-11-26(12-16-39)42-27-9-4-21-17-29(43-28(21)19-27)31(41)38-23-10-14-40(30(36)18-23)20-24-3-1-2-13-37-24/h1-9,13,17,19,23,26,30H,10-12,14-16,18,20H2,(H,38,41). The number of carbonyl (C=O) groups excluding carboxylic acids is 1. The number of ether oxygens (including phenoxy) is 1. The molecule has 226 valence electrons. The second-order valence-electron chi connectivity index (χ2n) is 11.1. The summed E-state index contributed by atoms with van der Waals surface area (Å²) in [7, 11) is 0. The highest BCUT2D eigenvalue weighted by Crippen LogP contribution is 2.33. The molecule has 1 N–H and O–H groups in total. The summed E-state index contributed by atoms with van der Waals surface area (Å²) in [5.74, 6) is 0.730. The van der Waals surface area contributed by atoms with E-state index in [-0.39, 0.29) is 18.1 Å². The first-order valence-electron chi connectivity index (χ1n) is 14.4. The highest BCUT2D eigenvalue weighted by atomic mass is 127. The molecule has 0 spiro atoms. The van der Waals surface area contributed by atoms with Crippen LogP contribution in [0.5, 0.6) is 5.75 Å². The zero-order chi connectivity index (χ0) is 30.0. The quantitative estimate of drug-likeness (QED) is 0.122. The number of likely N-dealkylation sites (tertiary alicyclic amines) is 1. The molecule has 0 radical (unpaired) electrons. The van der Waals surface area contributed by atoms with E-state index in [1.807, 2.05) is 48.7 Å². The van der Waals surface area contributed by atoms with E-state index < -0.39 is 11.7 Å². The Labute approximate surface area is 266 Å². The van der Waals surface area contributed by atoms with Gasteiger partial charge in [0.1, 0.15) is 11.9 Å². The van der Waals surface area contributed by atoms with Crippen LogP contribution in [-0.4, -0.2) is 51.6 Å². The van der Waals surface area contributed by atoms with Gasteiger partial charge in [-0.1, -0.05) is 28.7 Å². The van der Waals surface area contributed by atoms with Gasteiger partial charge < -0.3 is 15.0 Å². The number of alkyl halides is 4. The molecule has 1 amide bonds. The Bertz CT molecular complexity index is 1540. The summed E-state index contributed by atoms with van der Waals surface area (Å²) in [6.07, 6.45) is 0.855. The van der Waals surface area contributed by atoms with Crippen LogP contribution >= 0.6 is 33.9 Å². The Kier molecular flexibility index (Phi) is 9.11. The number of hydrogen-bond acceptors (Lipinski definition) is 6. The zero-order valence-electron chi connectivity index (χ0n) is 23.4. The molecule has 2 saturated heterocycles. The summed E-state index contributed by atoms with van der Waals surface area (Å²) in [6, 6.07) is 19.3. The number of anilines is 1. The number of amides is 1. The third kappa shape index (κ3) is 7.43. The summed E-state index contributed by atoms with van der Waals surface area (Å²) >= 11 is 3.94. The second kappa shape index (κ2) is 13.0. The van der Waals surface area contributed by atoms with Crippen molar-refractivity contribution in [2.45, 2.75) is 54.6 Å². The normalized spacial score (nSPS) is 20.3. The van der Waals surface area contributed by atoms with Crippen molar-refractivity contribution in [3.05, 3.63) is 89.1 Å². The molecule has 2 fully saturated rings. The van der Waals surface area contributed by atoms with Gasteiger partial charge in [-0.15, -0.1) is 11.3 Å². The number of benzene rings is 2. The van der Waals surface area contributed by atoms with Crippen LogP contribution in [0.4, 0.5) is 18.9 Å². The molecule has 2 atom stereocenters.